The van der Waals surface area contributed by atoms with Crippen LogP contribution < -0.4 is 0 Å². The number of nitrogens with one attached hydrogen (secondary N) is 2. The molecule has 39 heavy (non-hydrogen) atoms. The molecule has 4 N–H and O–H groups in total. The summed E-state index contributed by atoms with van der Waals surface area (Å²) in [5.41, 5.74) is 4.09. The lowest BCUT2D eigenvalue weighted by Gasteiger charge is -2.19. The number of carbonyl (C=O) groups is 2. The van der Waals surface area contributed by atoms with Gasteiger partial charge in [-0.05, 0) is 54.5 Å². The molecule has 0 spiro atoms. The summed E-state index contributed by atoms with van der Waals surface area (Å²) in [6, 6.07) is 12.0. The van der Waals surface area contributed by atoms with E-state index in [0.717, 1.165) is 36.1 Å². The minimum Gasteiger partial charge on any atom is -0.465 e. The van der Waals surface area contributed by atoms with E-state index in [1.165, 1.54) is 15.9 Å². The molecule has 2 amide bonds. The Morgan fingerprint density at radius 2 is 1.28 bits per heavy atom. The second kappa shape index (κ2) is 9.90. The van der Waals surface area contributed by atoms with E-state index < -0.39 is 18.0 Å². The van der Waals surface area contributed by atoms with Crippen LogP contribution in [-0.2, 0) is 0 Å². The molecule has 2 aliphatic heterocycles. The van der Waals surface area contributed by atoms with Gasteiger partial charge in [0.25, 0.3) is 0 Å². The standard InChI is InChI=1S/C28H27FN6O4/c29-20-13-18(9-10-19(20)22-15-31-26(33-22)24-4-2-12-35(24)28(38)39)16-5-7-17(8-6-16)21-14-30-25(32-21)23-3-1-11-34(23)27(36)37/h5-10,13-15,23-24H,1-4,11-12H2,(H,30,32)(H,31,33)(H,36,37)(H,38,39)/t23-,24-/m0/s1. The number of hydrogen-bond acceptors (Lipinski definition) is 4. The highest BCUT2D eigenvalue weighted by Gasteiger charge is 2.33. The number of imidazole rings is 2. The number of halogens is 1. The van der Waals surface area contributed by atoms with Crippen LogP contribution in [0.2, 0.25) is 0 Å². The van der Waals surface area contributed by atoms with E-state index in [1.54, 1.807) is 18.5 Å². The zero-order valence-electron chi connectivity index (χ0n) is 21.0. The van der Waals surface area contributed by atoms with Crippen molar-refractivity contribution in [1.82, 2.24) is 29.7 Å². The van der Waals surface area contributed by atoms with Crippen molar-refractivity contribution in [1.29, 1.82) is 0 Å². The molecule has 2 fully saturated rings. The molecule has 2 aromatic carbocycles. The van der Waals surface area contributed by atoms with E-state index in [2.05, 4.69) is 19.9 Å². The lowest BCUT2D eigenvalue weighted by molar-refractivity contribution is 0.138. The Morgan fingerprint density at radius 3 is 1.85 bits per heavy atom. The predicted molar refractivity (Wildman–Crippen MR) is 140 cm³/mol. The van der Waals surface area contributed by atoms with Crippen LogP contribution >= 0.6 is 0 Å². The van der Waals surface area contributed by atoms with Crippen molar-refractivity contribution in [2.75, 3.05) is 13.1 Å². The fraction of sp³-hybridized carbons (Fsp3) is 0.286. The third-order valence-electron chi connectivity index (χ3n) is 7.61. The quantitative estimate of drug-likeness (QED) is 0.253. The van der Waals surface area contributed by atoms with Crippen molar-refractivity contribution in [3.8, 4) is 33.6 Å². The Hall–Kier alpha value is -4.67. The molecule has 0 saturated carbocycles. The van der Waals surface area contributed by atoms with Crippen molar-refractivity contribution in [2.45, 2.75) is 37.8 Å². The SMILES string of the molecule is O=C(O)N1CCC[C@H]1c1ncc(-c2ccc(-c3ccc(-c4cnc([C@@H]5CCCN5C(=O)O)[nH]4)c(F)c3)cc2)[nH]1. The van der Waals surface area contributed by atoms with Crippen LogP contribution in [0.4, 0.5) is 14.0 Å². The maximum atomic E-state index is 15.2. The summed E-state index contributed by atoms with van der Waals surface area (Å²) in [4.78, 5) is 40.9. The number of aromatic amines is 2. The first-order valence-electron chi connectivity index (χ1n) is 12.9. The van der Waals surface area contributed by atoms with Crippen LogP contribution in [-0.4, -0.2) is 65.2 Å². The lowest BCUT2D eigenvalue weighted by atomic mass is 10.0. The van der Waals surface area contributed by atoms with Gasteiger partial charge >= 0.3 is 12.2 Å². The molecule has 2 aromatic heterocycles. The largest absolute Gasteiger partial charge is 0.465 e. The van der Waals surface area contributed by atoms with E-state index in [1.807, 2.05) is 30.3 Å². The molecule has 0 unspecified atom stereocenters. The van der Waals surface area contributed by atoms with Crippen molar-refractivity contribution < 1.29 is 24.2 Å². The summed E-state index contributed by atoms with van der Waals surface area (Å²) >= 11 is 0. The summed E-state index contributed by atoms with van der Waals surface area (Å²) in [6.45, 7) is 0.967. The fourth-order valence-electron chi connectivity index (χ4n) is 5.61. The van der Waals surface area contributed by atoms with Gasteiger partial charge in [-0.2, -0.15) is 0 Å². The summed E-state index contributed by atoms with van der Waals surface area (Å²) in [5.74, 6) is 0.748. The van der Waals surface area contributed by atoms with Gasteiger partial charge in [-0.25, -0.2) is 23.9 Å². The van der Waals surface area contributed by atoms with E-state index in [9.17, 15) is 19.8 Å². The molecule has 2 atom stereocenters. The summed E-state index contributed by atoms with van der Waals surface area (Å²) in [6.07, 6.45) is 4.31. The number of H-pyrrole nitrogens is 2. The van der Waals surface area contributed by atoms with E-state index in [-0.39, 0.29) is 12.1 Å². The van der Waals surface area contributed by atoms with Crippen LogP contribution in [0.15, 0.2) is 54.9 Å². The van der Waals surface area contributed by atoms with Crippen LogP contribution in [0.5, 0.6) is 0 Å². The van der Waals surface area contributed by atoms with Gasteiger partial charge in [-0.15, -0.1) is 0 Å². The smallest absolute Gasteiger partial charge is 0.407 e. The highest BCUT2D eigenvalue weighted by atomic mass is 19.1. The lowest BCUT2D eigenvalue weighted by Crippen LogP contribution is -2.29. The predicted octanol–water partition coefficient (Wildman–Crippen LogP) is 5.90. The first-order chi connectivity index (χ1) is 18.9. The minimum atomic E-state index is -0.983. The first-order valence-corrected chi connectivity index (χ1v) is 12.9. The summed E-state index contributed by atoms with van der Waals surface area (Å²) in [5, 5.41) is 18.8. The molecule has 11 heteroatoms. The Morgan fingerprint density at radius 1 is 0.769 bits per heavy atom. The normalized spacial score (nSPS) is 19.1. The van der Waals surface area contributed by atoms with Crippen molar-refractivity contribution in [3.05, 3.63) is 72.3 Å². The number of nitrogens with zero attached hydrogens (tertiary/aromatic N) is 4. The van der Waals surface area contributed by atoms with Gasteiger partial charge in [0.2, 0.25) is 0 Å². The van der Waals surface area contributed by atoms with Crippen LogP contribution in [0.1, 0.15) is 49.4 Å². The molecule has 200 valence electrons. The van der Waals surface area contributed by atoms with E-state index in [4.69, 9.17) is 0 Å². The van der Waals surface area contributed by atoms with Gasteiger partial charge in [0.15, 0.2) is 0 Å². The minimum absolute atomic E-state index is 0.266. The molecule has 2 saturated heterocycles. The number of carboxylic acid groups (broad SMARTS) is 2. The first kappa shape index (κ1) is 24.7. The Labute approximate surface area is 223 Å². The zero-order valence-corrected chi connectivity index (χ0v) is 21.0. The highest BCUT2D eigenvalue weighted by molar-refractivity contribution is 5.72. The van der Waals surface area contributed by atoms with Crippen LogP contribution in [0.25, 0.3) is 33.6 Å². The van der Waals surface area contributed by atoms with Gasteiger partial charge < -0.3 is 20.2 Å². The molecule has 4 heterocycles. The van der Waals surface area contributed by atoms with Gasteiger partial charge in [0, 0.05) is 18.7 Å². The van der Waals surface area contributed by atoms with Crippen LogP contribution in [0.3, 0.4) is 0 Å². The zero-order chi connectivity index (χ0) is 27.1. The maximum absolute atomic E-state index is 15.2. The number of rotatable bonds is 5. The van der Waals surface area contributed by atoms with Crippen molar-refractivity contribution >= 4 is 12.2 Å². The number of amides is 2. The fourth-order valence-corrected chi connectivity index (χ4v) is 5.61. The molecule has 2 aliphatic rings. The number of hydrogen-bond donors (Lipinski definition) is 4. The second-order valence-corrected chi connectivity index (χ2v) is 9.90. The molecular formula is C28H27FN6O4. The van der Waals surface area contributed by atoms with Crippen molar-refractivity contribution in [3.63, 3.8) is 0 Å². The second-order valence-electron chi connectivity index (χ2n) is 9.90. The maximum Gasteiger partial charge on any atom is 0.407 e. The average Bonchev–Trinajstić information content (AvgIpc) is 3.74. The molecule has 6 rings (SSSR count). The third kappa shape index (κ3) is 4.60. The summed E-state index contributed by atoms with van der Waals surface area (Å²) in [7, 11) is 0. The average molecular weight is 531 g/mol. The molecular weight excluding hydrogens is 503 g/mol. The van der Waals surface area contributed by atoms with Gasteiger partial charge in [0.1, 0.15) is 17.5 Å². The number of aromatic nitrogens is 4. The third-order valence-corrected chi connectivity index (χ3v) is 7.61. The number of benzene rings is 2. The Kier molecular flexibility index (Phi) is 6.26. The monoisotopic (exact) mass is 530 g/mol. The van der Waals surface area contributed by atoms with Gasteiger partial charge in [-0.1, -0.05) is 30.3 Å². The molecule has 10 nitrogen and oxygen atoms in total. The van der Waals surface area contributed by atoms with Gasteiger partial charge in [0.05, 0.1) is 35.9 Å². The summed E-state index contributed by atoms with van der Waals surface area (Å²) < 4.78 is 15.2. The van der Waals surface area contributed by atoms with E-state index >= 15 is 4.39 Å². The highest BCUT2D eigenvalue weighted by Crippen LogP contribution is 2.34. The van der Waals surface area contributed by atoms with Crippen LogP contribution in [0, 0.1) is 5.82 Å². The van der Waals surface area contributed by atoms with E-state index in [0.29, 0.717) is 48.0 Å². The van der Waals surface area contributed by atoms with Gasteiger partial charge in [-0.3, -0.25) is 9.80 Å². The Balaban J connectivity index is 1.18. The molecule has 0 bridgehead atoms. The Bertz CT molecular complexity index is 1530. The molecule has 0 aliphatic carbocycles. The van der Waals surface area contributed by atoms with Crippen molar-refractivity contribution in [2.24, 2.45) is 0 Å². The topological polar surface area (TPSA) is 138 Å². The molecule has 4 aromatic rings. The molecule has 0 radical (unpaired) electrons. The number of likely N-dealkylation sites (tertiary alicyclic amines) is 2.